The van der Waals surface area contributed by atoms with Gasteiger partial charge in [0.15, 0.2) is 5.82 Å². The largest absolute Gasteiger partial charge is 0.304 e. The minimum Gasteiger partial charge on any atom is -0.301 e. The van der Waals surface area contributed by atoms with Crippen LogP contribution in [0.2, 0.25) is 0 Å². The number of rotatable bonds is 2. The molecule has 3 nitrogen and oxygen atoms in total. The third kappa shape index (κ3) is 2.64. The Morgan fingerprint density at radius 3 is 2.00 bits per heavy atom. The fraction of sp³-hybridized carbons (Fsp3) is 0.429. The number of nitrogens with zero attached hydrogens (tertiary/aromatic N) is 3. The van der Waals surface area contributed by atoms with Crippen molar-refractivity contribution in [1.82, 2.24) is 14.8 Å². The predicted octanol–water partition coefficient (Wildman–Crippen LogP) is 3.81. The van der Waals surface area contributed by atoms with Gasteiger partial charge in [-0.3, -0.25) is 0 Å². The van der Waals surface area contributed by atoms with Gasteiger partial charge in [0.1, 0.15) is 0 Å². The molecule has 0 saturated heterocycles. The van der Waals surface area contributed by atoms with Gasteiger partial charge in [-0.1, -0.05) is 30.3 Å². The molecule has 5 heteroatoms. The maximum atomic E-state index is 13.7. The summed E-state index contributed by atoms with van der Waals surface area (Å²) >= 11 is 0. The van der Waals surface area contributed by atoms with E-state index >= 15 is 0 Å². The van der Waals surface area contributed by atoms with Crippen LogP contribution in [0, 0.1) is 0 Å². The maximum absolute atomic E-state index is 13.7. The molecule has 19 heavy (non-hydrogen) atoms. The molecule has 0 radical (unpaired) electrons. The molecule has 0 fully saturated rings. The van der Waals surface area contributed by atoms with Gasteiger partial charge in [-0.15, -0.1) is 10.2 Å². The molecule has 0 N–H and O–H groups in total. The van der Waals surface area contributed by atoms with Gasteiger partial charge in [0, 0.05) is 18.0 Å². The zero-order valence-corrected chi connectivity index (χ0v) is 11.5. The van der Waals surface area contributed by atoms with Gasteiger partial charge in [0.25, 0.3) is 0 Å². The van der Waals surface area contributed by atoms with Crippen LogP contribution >= 0.6 is 0 Å². The Morgan fingerprint density at radius 1 is 0.947 bits per heavy atom. The second kappa shape index (κ2) is 4.40. The van der Waals surface area contributed by atoms with Crippen molar-refractivity contribution < 1.29 is 8.78 Å². The quantitative estimate of drug-likeness (QED) is 0.826. The summed E-state index contributed by atoms with van der Waals surface area (Å²) in [6.07, 6.45) is 0. The molecular weight excluding hydrogens is 248 g/mol. The van der Waals surface area contributed by atoms with Crippen molar-refractivity contribution in [2.45, 2.75) is 39.2 Å². The summed E-state index contributed by atoms with van der Waals surface area (Å²) < 4.78 is 28.8. The molecule has 0 bridgehead atoms. The molecule has 0 aliphatic carbocycles. The average molecular weight is 265 g/mol. The van der Waals surface area contributed by atoms with E-state index in [4.69, 9.17) is 0 Å². The molecule has 1 aromatic carbocycles. The second-order valence-electron chi connectivity index (χ2n) is 5.61. The summed E-state index contributed by atoms with van der Waals surface area (Å²) in [6, 6.07) is 9.24. The highest BCUT2D eigenvalue weighted by Crippen LogP contribution is 2.33. The molecule has 0 spiro atoms. The molecular formula is C14H17F2N3. The Balaban J connectivity index is 2.68. The Morgan fingerprint density at radius 2 is 1.53 bits per heavy atom. The van der Waals surface area contributed by atoms with E-state index in [9.17, 15) is 8.78 Å². The molecule has 0 amide bonds. The van der Waals surface area contributed by atoms with E-state index in [1.165, 1.54) is 4.57 Å². The standard InChI is InChI=1S/C14H17F2N3/c1-13(2,3)19-11(10-8-6-5-7-9-10)17-18-12(19)14(4,15)16/h5-9H,1-4H3. The van der Waals surface area contributed by atoms with Crippen LogP contribution < -0.4 is 0 Å². The van der Waals surface area contributed by atoms with Gasteiger partial charge in [-0.2, -0.15) is 8.78 Å². The van der Waals surface area contributed by atoms with Gasteiger partial charge in [-0.05, 0) is 20.8 Å². The minimum atomic E-state index is -3.02. The van der Waals surface area contributed by atoms with E-state index in [0.29, 0.717) is 5.82 Å². The first-order chi connectivity index (χ1) is 8.71. The summed E-state index contributed by atoms with van der Waals surface area (Å²) in [5.41, 5.74) is 0.254. The topological polar surface area (TPSA) is 30.7 Å². The number of benzene rings is 1. The van der Waals surface area contributed by atoms with Crippen molar-refractivity contribution in [3.8, 4) is 11.4 Å². The molecule has 1 aromatic heterocycles. The number of halogens is 2. The lowest BCUT2D eigenvalue weighted by molar-refractivity contribution is 0.000304. The summed E-state index contributed by atoms with van der Waals surface area (Å²) in [6.45, 7) is 6.42. The average Bonchev–Trinajstić information content (AvgIpc) is 2.74. The molecule has 0 saturated carbocycles. The van der Waals surface area contributed by atoms with E-state index < -0.39 is 11.5 Å². The van der Waals surface area contributed by atoms with E-state index in [0.717, 1.165) is 12.5 Å². The van der Waals surface area contributed by atoms with E-state index in [-0.39, 0.29) is 5.82 Å². The number of hydrogen-bond acceptors (Lipinski definition) is 2. The maximum Gasteiger partial charge on any atom is 0.304 e. The van der Waals surface area contributed by atoms with Crippen LogP contribution in [0.4, 0.5) is 8.78 Å². The van der Waals surface area contributed by atoms with Crippen LogP contribution in [-0.2, 0) is 11.5 Å². The van der Waals surface area contributed by atoms with Crippen molar-refractivity contribution >= 4 is 0 Å². The molecule has 0 atom stereocenters. The smallest absolute Gasteiger partial charge is 0.301 e. The van der Waals surface area contributed by atoms with Crippen LogP contribution in [0.15, 0.2) is 30.3 Å². The van der Waals surface area contributed by atoms with Crippen LogP contribution in [-0.4, -0.2) is 14.8 Å². The van der Waals surface area contributed by atoms with Crippen molar-refractivity contribution in [2.75, 3.05) is 0 Å². The van der Waals surface area contributed by atoms with Crippen molar-refractivity contribution in [2.24, 2.45) is 0 Å². The SMILES string of the molecule is CC(F)(F)c1nnc(-c2ccccc2)n1C(C)(C)C. The highest BCUT2D eigenvalue weighted by molar-refractivity contribution is 5.55. The summed E-state index contributed by atoms with van der Waals surface area (Å²) in [4.78, 5) is 0. The zero-order chi connectivity index (χ0) is 14.3. The zero-order valence-electron chi connectivity index (χ0n) is 11.5. The van der Waals surface area contributed by atoms with Gasteiger partial charge in [-0.25, -0.2) is 0 Å². The number of aromatic nitrogens is 3. The highest BCUT2D eigenvalue weighted by Gasteiger charge is 2.36. The molecule has 0 aliphatic rings. The molecule has 0 aliphatic heterocycles. The lowest BCUT2D eigenvalue weighted by Crippen LogP contribution is -2.29. The van der Waals surface area contributed by atoms with Crippen LogP contribution in [0.3, 0.4) is 0 Å². The van der Waals surface area contributed by atoms with Crippen molar-refractivity contribution in [3.05, 3.63) is 36.2 Å². The van der Waals surface area contributed by atoms with Crippen LogP contribution in [0.1, 0.15) is 33.5 Å². The monoisotopic (exact) mass is 265 g/mol. The first-order valence-corrected chi connectivity index (χ1v) is 6.11. The first-order valence-electron chi connectivity index (χ1n) is 6.11. The third-order valence-electron chi connectivity index (χ3n) is 2.76. The fourth-order valence-electron chi connectivity index (χ4n) is 1.98. The Labute approximate surface area is 111 Å². The minimum absolute atomic E-state index is 0.307. The lowest BCUT2D eigenvalue weighted by Gasteiger charge is -2.26. The van der Waals surface area contributed by atoms with Crippen molar-refractivity contribution in [1.29, 1.82) is 0 Å². The Hall–Kier alpha value is -1.78. The van der Waals surface area contributed by atoms with E-state index in [1.54, 1.807) is 0 Å². The molecule has 1 heterocycles. The van der Waals surface area contributed by atoms with Crippen molar-refractivity contribution in [3.63, 3.8) is 0 Å². The first kappa shape index (κ1) is 13.6. The molecule has 102 valence electrons. The fourth-order valence-corrected chi connectivity index (χ4v) is 1.98. The second-order valence-corrected chi connectivity index (χ2v) is 5.61. The molecule has 0 unspecified atom stereocenters. The van der Waals surface area contributed by atoms with Crippen LogP contribution in [0.25, 0.3) is 11.4 Å². The Kier molecular flexibility index (Phi) is 3.16. The highest BCUT2D eigenvalue weighted by atomic mass is 19.3. The van der Waals surface area contributed by atoms with Gasteiger partial charge in [0.05, 0.1) is 0 Å². The molecule has 2 aromatic rings. The summed E-state index contributed by atoms with van der Waals surface area (Å²) in [7, 11) is 0. The van der Waals surface area contributed by atoms with Gasteiger partial charge in [0.2, 0.25) is 5.82 Å². The summed E-state index contributed by atoms with van der Waals surface area (Å²) in [5, 5.41) is 7.65. The van der Waals surface area contributed by atoms with E-state index in [1.807, 2.05) is 51.1 Å². The Bertz CT molecular complexity index is 563. The third-order valence-corrected chi connectivity index (χ3v) is 2.76. The lowest BCUT2D eigenvalue weighted by atomic mass is 10.1. The normalized spacial score (nSPS) is 12.7. The summed E-state index contributed by atoms with van der Waals surface area (Å²) in [5.74, 6) is -2.86. The number of alkyl halides is 2. The van der Waals surface area contributed by atoms with Gasteiger partial charge >= 0.3 is 5.92 Å². The number of hydrogen-bond donors (Lipinski definition) is 0. The van der Waals surface area contributed by atoms with Crippen LogP contribution in [0.5, 0.6) is 0 Å². The van der Waals surface area contributed by atoms with Gasteiger partial charge < -0.3 is 4.57 Å². The predicted molar refractivity (Wildman–Crippen MR) is 70.0 cm³/mol. The van der Waals surface area contributed by atoms with E-state index in [2.05, 4.69) is 10.2 Å². The molecule has 2 rings (SSSR count).